The van der Waals surface area contributed by atoms with E-state index in [1.54, 1.807) is 0 Å². The molecule has 3 aromatic rings. The van der Waals surface area contributed by atoms with Crippen molar-refractivity contribution >= 4 is 23.1 Å². The van der Waals surface area contributed by atoms with Crippen molar-refractivity contribution in [3.63, 3.8) is 0 Å². The van der Waals surface area contributed by atoms with Crippen molar-refractivity contribution in [3.8, 4) is 0 Å². The fourth-order valence-corrected chi connectivity index (χ4v) is 3.43. The zero-order valence-corrected chi connectivity index (χ0v) is 17.6. The minimum absolute atomic E-state index is 0.481. The smallest absolute Gasteiger partial charge is 0.246 e. The number of benzene rings is 3. The van der Waals surface area contributed by atoms with Crippen LogP contribution < -0.4 is 0 Å². The number of aliphatic hydroxyl groups excluding tert-OH is 2. The maximum Gasteiger partial charge on any atom is 0.246 e. The van der Waals surface area contributed by atoms with Gasteiger partial charge in [-0.3, -0.25) is 19.2 Å². The summed E-state index contributed by atoms with van der Waals surface area (Å²) in [6.45, 7) is -1.46. The van der Waals surface area contributed by atoms with Crippen LogP contribution in [-0.2, 0) is 4.79 Å². The maximum atomic E-state index is 13.7. The van der Waals surface area contributed by atoms with Crippen LogP contribution >= 0.6 is 0 Å². The van der Waals surface area contributed by atoms with Crippen LogP contribution in [0.15, 0.2) is 90.9 Å². The van der Waals surface area contributed by atoms with Crippen LogP contribution in [0.4, 0.5) is 0 Å². The third-order valence-electron chi connectivity index (χ3n) is 5.28. The van der Waals surface area contributed by atoms with Crippen LogP contribution in [0.25, 0.3) is 0 Å². The third-order valence-corrected chi connectivity index (χ3v) is 5.28. The first-order valence-electron chi connectivity index (χ1n) is 11.5. The molecule has 0 aromatic heterocycles. The molecule has 8 heteroatoms. The summed E-state index contributed by atoms with van der Waals surface area (Å²) >= 11 is 0. The van der Waals surface area contributed by atoms with Crippen molar-refractivity contribution in [2.45, 2.75) is 17.3 Å². The molecular formula is C26H22O8. The van der Waals surface area contributed by atoms with Crippen molar-refractivity contribution in [3.05, 3.63) is 108 Å². The molecule has 4 N–H and O–H groups in total. The first-order chi connectivity index (χ1) is 17.4. The fourth-order valence-electron chi connectivity index (χ4n) is 3.43. The van der Waals surface area contributed by atoms with Crippen LogP contribution in [0.2, 0.25) is 0 Å². The molecule has 0 fully saturated rings. The Kier molecular flexibility index (Phi) is 6.10. The predicted molar refractivity (Wildman–Crippen MR) is 120 cm³/mol. The second-order valence-electron chi connectivity index (χ2n) is 7.32. The monoisotopic (exact) mass is 465 g/mol. The molecule has 0 aliphatic rings. The van der Waals surface area contributed by atoms with Crippen molar-refractivity contribution in [1.82, 2.24) is 0 Å². The summed E-state index contributed by atoms with van der Waals surface area (Å²) in [5.41, 5.74) is -9.93. The maximum absolute atomic E-state index is 13.7. The normalized spacial score (nSPS) is 16.6. The summed E-state index contributed by atoms with van der Waals surface area (Å²) in [5, 5.41) is 43.6. The highest BCUT2D eigenvalue weighted by Gasteiger charge is 2.68. The molecule has 34 heavy (non-hydrogen) atoms. The van der Waals surface area contributed by atoms with Gasteiger partial charge in [0.25, 0.3) is 0 Å². The number of rotatable bonds is 10. The van der Waals surface area contributed by atoms with Gasteiger partial charge in [0.05, 0.1) is 10.7 Å². The molecule has 174 valence electrons. The number of ketones is 4. The molecule has 0 amide bonds. The molecule has 0 radical (unpaired) electrons. The lowest BCUT2D eigenvalue weighted by Gasteiger charge is -2.41. The Labute approximate surface area is 199 Å². The van der Waals surface area contributed by atoms with Crippen LogP contribution in [0.1, 0.15) is 35.2 Å². The third kappa shape index (κ3) is 4.11. The summed E-state index contributed by atoms with van der Waals surface area (Å²) in [7, 11) is 0. The van der Waals surface area contributed by atoms with E-state index in [0.717, 1.165) is 36.4 Å². The molecule has 3 aromatic carbocycles. The fraction of sp³-hybridized carbons (Fsp3) is 0.154. The number of aliphatic hydroxyl groups is 4. The van der Waals surface area contributed by atoms with E-state index in [9.17, 15) is 39.6 Å². The zero-order chi connectivity index (χ0) is 27.5. The van der Waals surface area contributed by atoms with Gasteiger partial charge in [-0.15, -0.1) is 0 Å². The van der Waals surface area contributed by atoms with Crippen molar-refractivity contribution in [2.24, 2.45) is 0 Å². The highest BCUT2D eigenvalue weighted by Crippen LogP contribution is 2.35. The van der Waals surface area contributed by atoms with Crippen LogP contribution in [0, 0.1) is 0 Å². The quantitative estimate of drug-likeness (QED) is 0.197. The average molecular weight is 465 g/mol. The van der Waals surface area contributed by atoms with E-state index in [1.807, 2.05) is 0 Å². The molecule has 3 atom stereocenters. The Hall–Kier alpha value is -3.82. The van der Waals surface area contributed by atoms with Crippen LogP contribution in [0.3, 0.4) is 0 Å². The van der Waals surface area contributed by atoms with Crippen molar-refractivity contribution < 1.29 is 43.7 Å². The highest BCUT2D eigenvalue weighted by atomic mass is 16.4. The van der Waals surface area contributed by atoms with Gasteiger partial charge in [0, 0.05) is 16.7 Å². The van der Waals surface area contributed by atoms with Gasteiger partial charge in [-0.25, -0.2) is 0 Å². The van der Waals surface area contributed by atoms with Gasteiger partial charge in [-0.2, -0.15) is 0 Å². The van der Waals surface area contributed by atoms with Crippen molar-refractivity contribution in [1.29, 1.82) is 0 Å². The standard InChI is InChI=1S/C26H22O8/c27-16-20(28)25(33,22(30)18-12-6-2-7-13-18)26(34,23(31)19-14-8-3-9-15-19)24(32)21(29)17-10-4-1-5-11-17/h1-15,20,27-28,33-34H,16H2/t20-,25+,26+/m1/s1/i10D,12D,14D. The molecule has 0 spiro atoms. The Morgan fingerprint density at radius 1 is 0.735 bits per heavy atom. The van der Waals surface area contributed by atoms with Gasteiger partial charge in [-0.1, -0.05) is 90.9 Å². The number of carbonyl (C=O) groups is 4. The SMILES string of the molecule is [2H]c1ccccc1C(=O)C(=O)[C@@](O)(C(=O)c1ccccc1[2H])[C@@](O)(C(=O)c1ccccc1[2H])[C@H](O)CO. The Morgan fingerprint density at radius 3 is 1.62 bits per heavy atom. The van der Waals surface area contributed by atoms with Gasteiger partial charge in [0.2, 0.25) is 28.7 Å². The molecule has 0 unspecified atom stereocenters. The summed E-state index contributed by atoms with van der Waals surface area (Å²) < 4.78 is 23.9. The lowest BCUT2D eigenvalue weighted by Crippen LogP contribution is -2.74. The molecule has 0 aliphatic heterocycles. The van der Waals surface area contributed by atoms with Gasteiger partial charge < -0.3 is 20.4 Å². The number of Topliss-reactive ketones (excluding diaryl/α,β-unsaturated/α-hetero) is 4. The Balaban J connectivity index is 2.37. The first-order valence-corrected chi connectivity index (χ1v) is 10.0. The highest BCUT2D eigenvalue weighted by molar-refractivity contribution is 6.52. The van der Waals surface area contributed by atoms with Crippen molar-refractivity contribution in [2.75, 3.05) is 6.61 Å². The predicted octanol–water partition coefficient (Wildman–Crippen LogP) is 1.02. The molecule has 0 heterocycles. The minimum atomic E-state index is -4.09. The summed E-state index contributed by atoms with van der Waals surface area (Å²) in [6.07, 6.45) is -2.71. The number of hydrogen-bond acceptors (Lipinski definition) is 8. The molecule has 3 rings (SSSR count). The molecule has 0 saturated heterocycles. The van der Waals surface area contributed by atoms with E-state index in [1.165, 1.54) is 36.4 Å². The molecule has 0 bridgehead atoms. The van der Waals surface area contributed by atoms with Gasteiger partial charge >= 0.3 is 0 Å². The molecule has 0 saturated carbocycles. The largest absolute Gasteiger partial charge is 0.394 e. The number of carbonyl (C=O) groups excluding carboxylic acids is 4. The molecule has 0 aliphatic carbocycles. The lowest BCUT2D eigenvalue weighted by molar-refractivity contribution is -0.171. The average Bonchev–Trinajstić information content (AvgIpc) is 2.90. The van der Waals surface area contributed by atoms with E-state index in [2.05, 4.69) is 0 Å². The second kappa shape index (κ2) is 9.98. The molecular weight excluding hydrogens is 440 g/mol. The first kappa shape index (κ1) is 20.8. The number of hydrogen-bond donors (Lipinski definition) is 4. The van der Waals surface area contributed by atoms with Gasteiger partial charge in [0.1, 0.15) is 6.10 Å². The Bertz CT molecular complexity index is 1390. The van der Waals surface area contributed by atoms with E-state index in [4.69, 9.17) is 4.11 Å². The van der Waals surface area contributed by atoms with E-state index >= 15 is 0 Å². The van der Waals surface area contributed by atoms with Crippen LogP contribution in [0.5, 0.6) is 0 Å². The minimum Gasteiger partial charge on any atom is -0.394 e. The zero-order valence-electron chi connectivity index (χ0n) is 20.6. The topological polar surface area (TPSA) is 149 Å². The van der Waals surface area contributed by atoms with Gasteiger partial charge in [-0.05, 0) is 0 Å². The van der Waals surface area contributed by atoms with Gasteiger partial charge in [0.15, 0.2) is 5.60 Å². The lowest BCUT2D eigenvalue weighted by atomic mass is 9.67. The summed E-state index contributed by atoms with van der Waals surface area (Å²) in [5.74, 6) is -7.24. The van der Waals surface area contributed by atoms with E-state index in [0.29, 0.717) is 0 Å². The molecule has 8 nitrogen and oxygen atoms in total. The summed E-state index contributed by atoms with van der Waals surface area (Å²) in [4.78, 5) is 54.1. The second-order valence-corrected chi connectivity index (χ2v) is 7.32. The Morgan fingerprint density at radius 2 is 1.18 bits per heavy atom. The summed E-state index contributed by atoms with van der Waals surface area (Å²) in [6, 6.07) is 12.7. The van der Waals surface area contributed by atoms with E-state index < -0.39 is 81.9 Å². The van der Waals surface area contributed by atoms with E-state index in [-0.39, 0.29) is 0 Å². The van der Waals surface area contributed by atoms with Crippen LogP contribution in [-0.4, -0.2) is 67.5 Å².